The summed E-state index contributed by atoms with van der Waals surface area (Å²) < 4.78 is 0. The second-order valence-corrected chi connectivity index (χ2v) is 5.07. The minimum Gasteiger partial charge on any atom is -0.349 e. The maximum atomic E-state index is 4.64. The minimum absolute atomic E-state index is 0.874. The van der Waals surface area contributed by atoms with Crippen LogP contribution in [0.25, 0.3) is 0 Å². The van der Waals surface area contributed by atoms with Crippen LogP contribution in [-0.2, 0) is 0 Å². The lowest BCUT2D eigenvalue weighted by Gasteiger charge is -2.26. The second-order valence-electron chi connectivity index (χ2n) is 5.07. The summed E-state index contributed by atoms with van der Waals surface area (Å²) in [5.74, 6) is 1.04. The number of nitrogens with zero attached hydrogens (tertiary/aromatic N) is 4. The Labute approximate surface area is 106 Å². The summed E-state index contributed by atoms with van der Waals surface area (Å²) in [5, 5.41) is 0. The highest BCUT2D eigenvalue weighted by Gasteiger charge is 2.09. The Hall–Kier alpha value is -1.03. The van der Waals surface area contributed by atoms with Gasteiger partial charge in [-0.1, -0.05) is 11.6 Å². The number of hydrogen-bond donors (Lipinski definition) is 0. The molecule has 4 heteroatoms. The summed E-state index contributed by atoms with van der Waals surface area (Å²) in [4.78, 5) is 11.2. The summed E-state index contributed by atoms with van der Waals surface area (Å²) in [6, 6.07) is 0. The molecule has 0 bridgehead atoms. The van der Waals surface area contributed by atoms with E-state index in [4.69, 9.17) is 0 Å². The predicted molar refractivity (Wildman–Crippen MR) is 74.5 cm³/mol. The summed E-state index contributed by atoms with van der Waals surface area (Å²) in [6.45, 7) is 6.40. The lowest BCUT2D eigenvalue weighted by Crippen LogP contribution is -2.37. The highest BCUT2D eigenvalue weighted by molar-refractivity contribution is 5.79. The average molecular weight is 238 g/mol. The fourth-order valence-electron chi connectivity index (χ4n) is 1.99. The van der Waals surface area contributed by atoms with Crippen molar-refractivity contribution >= 4 is 5.96 Å². The van der Waals surface area contributed by atoms with Crippen molar-refractivity contribution in [3.63, 3.8) is 0 Å². The van der Waals surface area contributed by atoms with E-state index in [2.05, 4.69) is 32.7 Å². The number of hydrogen-bond acceptors (Lipinski definition) is 2. The quantitative estimate of drug-likeness (QED) is 0.418. The van der Waals surface area contributed by atoms with Crippen molar-refractivity contribution in [1.29, 1.82) is 0 Å². The zero-order valence-corrected chi connectivity index (χ0v) is 11.9. The zero-order valence-electron chi connectivity index (χ0n) is 11.9. The molecule has 1 heterocycles. The van der Waals surface area contributed by atoms with Gasteiger partial charge in [-0.15, -0.1) is 0 Å². The molecule has 0 N–H and O–H groups in total. The standard InChI is InChI=1S/C13H26N4/c1-12-6-9-17(10-7-12)11-8-14-13(15(2)3)16(4)5/h6H,7-11H2,1-5H3. The molecule has 17 heavy (non-hydrogen) atoms. The van der Waals surface area contributed by atoms with Gasteiger partial charge >= 0.3 is 0 Å². The molecule has 0 aromatic rings. The molecule has 4 nitrogen and oxygen atoms in total. The normalized spacial score (nSPS) is 16.4. The first kappa shape index (κ1) is 14.0. The molecule has 0 spiro atoms. The average Bonchev–Trinajstić information content (AvgIpc) is 2.25. The first-order valence-corrected chi connectivity index (χ1v) is 6.28. The van der Waals surface area contributed by atoms with Crippen LogP contribution in [0, 0.1) is 0 Å². The Balaban J connectivity index is 2.38. The van der Waals surface area contributed by atoms with Crippen molar-refractivity contribution < 1.29 is 0 Å². The van der Waals surface area contributed by atoms with E-state index in [0.717, 1.165) is 25.6 Å². The molecule has 0 saturated carbocycles. The molecule has 0 aromatic carbocycles. The van der Waals surface area contributed by atoms with Gasteiger partial charge in [0.1, 0.15) is 0 Å². The Morgan fingerprint density at radius 3 is 2.41 bits per heavy atom. The van der Waals surface area contributed by atoms with Crippen LogP contribution in [-0.4, -0.2) is 75.0 Å². The van der Waals surface area contributed by atoms with Gasteiger partial charge < -0.3 is 9.80 Å². The van der Waals surface area contributed by atoms with Crippen molar-refractivity contribution in [3.8, 4) is 0 Å². The highest BCUT2D eigenvalue weighted by atomic mass is 15.3. The van der Waals surface area contributed by atoms with Crippen LogP contribution in [0.3, 0.4) is 0 Å². The lowest BCUT2D eigenvalue weighted by molar-refractivity contribution is 0.301. The van der Waals surface area contributed by atoms with E-state index < -0.39 is 0 Å². The molecule has 0 saturated heterocycles. The van der Waals surface area contributed by atoms with Crippen molar-refractivity contribution in [2.45, 2.75) is 13.3 Å². The number of rotatable bonds is 3. The molecule has 0 aliphatic carbocycles. The fourth-order valence-corrected chi connectivity index (χ4v) is 1.99. The van der Waals surface area contributed by atoms with Gasteiger partial charge in [-0.3, -0.25) is 9.89 Å². The van der Waals surface area contributed by atoms with Gasteiger partial charge in [0.15, 0.2) is 5.96 Å². The summed E-state index contributed by atoms with van der Waals surface area (Å²) in [6.07, 6.45) is 3.53. The van der Waals surface area contributed by atoms with Crippen LogP contribution in [0.2, 0.25) is 0 Å². The summed E-state index contributed by atoms with van der Waals surface area (Å²) in [7, 11) is 8.13. The Kier molecular flexibility index (Phi) is 5.48. The maximum Gasteiger partial charge on any atom is 0.195 e. The monoisotopic (exact) mass is 238 g/mol. The number of aliphatic imine (C=N–C) groups is 1. The van der Waals surface area contributed by atoms with Crippen LogP contribution in [0.15, 0.2) is 16.6 Å². The van der Waals surface area contributed by atoms with Crippen LogP contribution in [0.5, 0.6) is 0 Å². The van der Waals surface area contributed by atoms with Gasteiger partial charge in [0.05, 0.1) is 6.54 Å². The second kappa shape index (κ2) is 6.64. The highest BCUT2D eigenvalue weighted by Crippen LogP contribution is 2.08. The third-order valence-electron chi connectivity index (χ3n) is 2.99. The molecule has 1 aliphatic rings. The third kappa shape index (κ3) is 4.77. The molecule has 0 aromatic heterocycles. The smallest absolute Gasteiger partial charge is 0.195 e. The van der Waals surface area contributed by atoms with E-state index in [0.29, 0.717) is 0 Å². The van der Waals surface area contributed by atoms with Crippen LogP contribution < -0.4 is 0 Å². The third-order valence-corrected chi connectivity index (χ3v) is 2.99. The van der Waals surface area contributed by atoms with E-state index in [9.17, 15) is 0 Å². The molecule has 1 rings (SSSR count). The first-order chi connectivity index (χ1) is 8.00. The van der Waals surface area contributed by atoms with E-state index in [-0.39, 0.29) is 0 Å². The van der Waals surface area contributed by atoms with E-state index in [1.54, 1.807) is 0 Å². The molecule has 0 atom stereocenters. The van der Waals surface area contributed by atoms with Crippen molar-refractivity contribution in [2.75, 3.05) is 54.4 Å². The topological polar surface area (TPSA) is 22.1 Å². The van der Waals surface area contributed by atoms with Crippen LogP contribution in [0.1, 0.15) is 13.3 Å². The predicted octanol–water partition coefficient (Wildman–Crippen LogP) is 1.12. The Morgan fingerprint density at radius 2 is 1.94 bits per heavy atom. The van der Waals surface area contributed by atoms with Crippen molar-refractivity contribution in [1.82, 2.24) is 14.7 Å². The van der Waals surface area contributed by atoms with Crippen LogP contribution >= 0.6 is 0 Å². The van der Waals surface area contributed by atoms with Gasteiger partial charge in [-0.25, -0.2) is 0 Å². The molecular weight excluding hydrogens is 212 g/mol. The van der Waals surface area contributed by atoms with Gasteiger partial charge in [0.2, 0.25) is 0 Å². The Bertz CT molecular complexity index is 282. The van der Waals surface area contributed by atoms with Gasteiger partial charge in [-0.2, -0.15) is 0 Å². The minimum atomic E-state index is 0.874. The maximum absolute atomic E-state index is 4.64. The van der Waals surface area contributed by atoms with E-state index in [1.807, 2.05) is 28.2 Å². The van der Waals surface area contributed by atoms with Gasteiger partial charge in [0, 0.05) is 47.8 Å². The molecule has 1 aliphatic heterocycles. The Morgan fingerprint density at radius 1 is 1.29 bits per heavy atom. The molecule has 0 fully saturated rings. The summed E-state index contributed by atoms with van der Waals surface area (Å²) >= 11 is 0. The molecule has 98 valence electrons. The largest absolute Gasteiger partial charge is 0.349 e. The number of guanidine groups is 1. The van der Waals surface area contributed by atoms with E-state index in [1.165, 1.54) is 18.5 Å². The SMILES string of the molecule is CC1=CCN(CCN=C(N(C)C)N(C)C)CC1. The van der Waals surface area contributed by atoms with E-state index >= 15 is 0 Å². The lowest BCUT2D eigenvalue weighted by atomic mass is 10.1. The van der Waals surface area contributed by atoms with Gasteiger partial charge in [-0.05, 0) is 13.3 Å². The molecule has 0 amide bonds. The molecule has 0 radical (unpaired) electrons. The molecule has 0 unspecified atom stereocenters. The summed E-state index contributed by atoms with van der Waals surface area (Å²) in [5.41, 5.74) is 1.52. The zero-order chi connectivity index (χ0) is 12.8. The van der Waals surface area contributed by atoms with Crippen molar-refractivity contribution in [2.24, 2.45) is 4.99 Å². The van der Waals surface area contributed by atoms with Crippen LogP contribution in [0.4, 0.5) is 0 Å². The fraction of sp³-hybridized carbons (Fsp3) is 0.769. The van der Waals surface area contributed by atoms with Gasteiger partial charge in [0.25, 0.3) is 0 Å². The van der Waals surface area contributed by atoms with Crippen molar-refractivity contribution in [3.05, 3.63) is 11.6 Å². The first-order valence-electron chi connectivity index (χ1n) is 6.28. The molecular formula is C13H26N4.